The van der Waals surface area contributed by atoms with Gasteiger partial charge in [-0.05, 0) is 12.8 Å². The van der Waals surface area contributed by atoms with Crippen molar-refractivity contribution in [2.75, 3.05) is 13.7 Å². The van der Waals surface area contributed by atoms with E-state index in [0.29, 0.717) is 0 Å². The van der Waals surface area contributed by atoms with Crippen LogP contribution in [-0.2, 0) is 19.1 Å². The highest BCUT2D eigenvalue weighted by molar-refractivity contribution is 6.19. The van der Waals surface area contributed by atoms with Crippen LogP contribution in [0.3, 0.4) is 0 Å². The largest absolute Gasteiger partial charge is 0.511 e. The first-order chi connectivity index (χ1) is 11.1. The van der Waals surface area contributed by atoms with E-state index in [2.05, 4.69) is 6.92 Å². The number of aliphatic hydroxyl groups is 1. The van der Waals surface area contributed by atoms with Gasteiger partial charge in [-0.3, -0.25) is 4.79 Å². The number of aliphatic hydroxyl groups excluding tert-OH is 1. The quantitative estimate of drug-likeness (QED) is 0.205. The molecule has 0 aromatic carbocycles. The van der Waals surface area contributed by atoms with Crippen molar-refractivity contribution < 1.29 is 24.2 Å². The zero-order valence-electron chi connectivity index (χ0n) is 14.4. The first-order valence-electron chi connectivity index (χ1n) is 8.75. The molecule has 0 amide bonds. The third-order valence-corrected chi connectivity index (χ3v) is 4.13. The standard InChI is InChI=1S/C18H30O5/c1-3-4-5-6-7-8-9-10-14-13-16(20)17(18(21)23-14)15(19)11-12-22-2/h14,19H,3-13H2,1-2H3. The molecule has 1 unspecified atom stereocenters. The Kier molecular flexibility index (Phi) is 9.60. The number of rotatable bonds is 11. The van der Waals surface area contributed by atoms with Crippen molar-refractivity contribution in [1.82, 2.24) is 0 Å². The minimum Gasteiger partial charge on any atom is -0.511 e. The van der Waals surface area contributed by atoms with Gasteiger partial charge in [-0.25, -0.2) is 4.79 Å². The lowest BCUT2D eigenvalue weighted by molar-refractivity contribution is -0.151. The van der Waals surface area contributed by atoms with Crippen LogP contribution in [0.25, 0.3) is 0 Å². The van der Waals surface area contributed by atoms with Gasteiger partial charge in [0.1, 0.15) is 17.4 Å². The number of hydrogen-bond acceptors (Lipinski definition) is 5. The molecule has 0 aromatic heterocycles. The van der Waals surface area contributed by atoms with Gasteiger partial charge in [-0.15, -0.1) is 0 Å². The number of Topliss-reactive ketones (excluding diaryl/α,β-unsaturated/α-hetero) is 1. The fourth-order valence-electron chi connectivity index (χ4n) is 2.77. The smallest absolute Gasteiger partial charge is 0.345 e. The molecule has 1 heterocycles. The van der Waals surface area contributed by atoms with Crippen molar-refractivity contribution in [2.45, 2.75) is 77.2 Å². The molecular weight excluding hydrogens is 296 g/mol. The Balaban J connectivity index is 2.33. The lowest BCUT2D eigenvalue weighted by Crippen LogP contribution is -2.33. The normalized spacial score (nSPS) is 20.5. The number of ether oxygens (including phenoxy) is 2. The van der Waals surface area contributed by atoms with Gasteiger partial charge in [0.25, 0.3) is 0 Å². The van der Waals surface area contributed by atoms with E-state index in [-0.39, 0.29) is 42.7 Å². The molecule has 0 saturated carbocycles. The molecule has 23 heavy (non-hydrogen) atoms. The van der Waals surface area contributed by atoms with E-state index in [0.717, 1.165) is 19.3 Å². The maximum atomic E-state index is 12.1. The van der Waals surface area contributed by atoms with Crippen molar-refractivity contribution in [3.63, 3.8) is 0 Å². The van der Waals surface area contributed by atoms with E-state index in [9.17, 15) is 14.7 Å². The maximum absolute atomic E-state index is 12.1. The second-order valence-corrected chi connectivity index (χ2v) is 6.13. The molecule has 0 spiro atoms. The monoisotopic (exact) mass is 326 g/mol. The van der Waals surface area contributed by atoms with Gasteiger partial charge in [0.15, 0.2) is 5.78 Å². The Morgan fingerprint density at radius 3 is 2.43 bits per heavy atom. The fourth-order valence-corrected chi connectivity index (χ4v) is 2.77. The van der Waals surface area contributed by atoms with E-state index in [1.165, 1.54) is 39.2 Å². The van der Waals surface area contributed by atoms with Crippen molar-refractivity contribution in [3.05, 3.63) is 11.3 Å². The number of esters is 1. The predicted molar refractivity (Wildman–Crippen MR) is 88.3 cm³/mol. The second-order valence-electron chi connectivity index (χ2n) is 6.13. The van der Waals surface area contributed by atoms with Gasteiger partial charge in [-0.2, -0.15) is 0 Å². The van der Waals surface area contributed by atoms with E-state index in [1.54, 1.807) is 0 Å². The summed E-state index contributed by atoms with van der Waals surface area (Å²) in [6, 6.07) is 0. The Morgan fingerprint density at radius 2 is 1.83 bits per heavy atom. The number of methoxy groups -OCH3 is 1. The van der Waals surface area contributed by atoms with E-state index >= 15 is 0 Å². The average molecular weight is 326 g/mol. The lowest BCUT2D eigenvalue weighted by atomic mass is 9.96. The topological polar surface area (TPSA) is 72.8 Å². The number of hydrogen-bond donors (Lipinski definition) is 1. The van der Waals surface area contributed by atoms with Gasteiger partial charge in [0.05, 0.1) is 6.61 Å². The zero-order chi connectivity index (χ0) is 17.1. The molecule has 1 saturated heterocycles. The highest BCUT2D eigenvalue weighted by Crippen LogP contribution is 2.23. The molecule has 5 heteroatoms. The molecule has 1 fully saturated rings. The molecule has 0 bridgehead atoms. The summed E-state index contributed by atoms with van der Waals surface area (Å²) in [6.45, 7) is 2.46. The second kappa shape index (κ2) is 11.2. The summed E-state index contributed by atoms with van der Waals surface area (Å²) in [5.74, 6) is -1.23. The minimum absolute atomic E-state index is 0.148. The molecule has 5 nitrogen and oxygen atoms in total. The summed E-state index contributed by atoms with van der Waals surface area (Å²) in [5.41, 5.74) is -0.196. The Morgan fingerprint density at radius 1 is 1.17 bits per heavy atom. The van der Waals surface area contributed by atoms with Crippen LogP contribution in [0.5, 0.6) is 0 Å². The van der Waals surface area contributed by atoms with Crippen LogP contribution < -0.4 is 0 Å². The summed E-state index contributed by atoms with van der Waals surface area (Å²) in [5, 5.41) is 9.83. The Hall–Kier alpha value is -1.36. The highest BCUT2D eigenvalue weighted by atomic mass is 16.5. The number of cyclic esters (lactones) is 1. The van der Waals surface area contributed by atoms with Gasteiger partial charge < -0.3 is 14.6 Å². The zero-order valence-corrected chi connectivity index (χ0v) is 14.4. The predicted octanol–water partition coefficient (Wildman–Crippen LogP) is 3.86. The molecule has 0 aliphatic carbocycles. The van der Waals surface area contributed by atoms with E-state index in [1.807, 2.05) is 0 Å². The van der Waals surface area contributed by atoms with Crippen LogP contribution >= 0.6 is 0 Å². The highest BCUT2D eigenvalue weighted by Gasteiger charge is 2.34. The maximum Gasteiger partial charge on any atom is 0.345 e. The SMILES string of the molecule is CCCCCCCCCC1CC(=O)C(=C(O)CCOC)C(=O)O1. The molecule has 0 aromatic rings. The molecule has 1 aliphatic heterocycles. The fraction of sp³-hybridized carbons (Fsp3) is 0.778. The summed E-state index contributed by atoms with van der Waals surface area (Å²) in [6.07, 6.45) is 9.02. The molecule has 1 N–H and O–H groups in total. The van der Waals surface area contributed by atoms with E-state index < -0.39 is 5.97 Å². The van der Waals surface area contributed by atoms with Crippen LogP contribution in [-0.4, -0.2) is 36.7 Å². The van der Waals surface area contributed by atoms with Crippen LogP contribution in [0.2, 0.25) is 0 Å². The van der Waals surface area contributed by atoms with Gasteiger partial charge in [-0.1, -0.05) is 45.4 Å². The van der Waals surface area contributed by atoms with Crippen LogP contribution in [0.4, 0.5) is 0 Å². The minimum atomic E-state index is -0.692. The first-order valence-corrected chi connectivity index (χ1v) is 8.75. The van der Waals surface area contributed by atoms with Crippen LogP contribution in [0.15, 0.2) is 11.3 Å². The summed E-state index contributed by atoms with van der Waals surface area (Å²) in [4.78, 5) is 24.0. The third-order valence-electron chi connectivity index (χ3n) is 4.13. The molecular formula is C18H30O5. The van der Waals surface area contributed by atoms with Gasteiger partial charge in [0, 0.05) is 20.0 Å². The molecule has 1 aliphatic rings. The summed E-state index contributed by atoms with van der Waals surface area (Å²) >= 11 is 0. The number of carbonyl (C=O) groups is 2. The third kappa shape index (κ3) is 7.16. The Labute approximate surface area is 139 Å². The average Bonchev–Trinajstić information content (AvgIpc) is 2.51. The van der Waals surface area contributed by atoms with Gasteiger partial charge >= 0.3 is 5.97 Å². The number of ketones is 1. The summed E-state index contributed by atoms with van der Waals surface area (Å²) < 4.78 is 10.1. The molecule has 1 rings (SSSR count). The van der Waals surface area contributed by atoms with Crippen molar-refractivity contribution in [1.29, 1.82) is 0 Å². The number of unbranched alkanes of at least 4 members (excludes halogenated alkanes) is 6. The van der Waals surface area contributed by atoms with E-state index in [4.69, 9.17) is 9.47 Å². The molecule has 0 radical (unpaired) electrons. The van der Waals surface area contributed by atoms with Crippen LogP contribution in [0, 0.1) is 0 Å². The Bertz CT molecular complexity index is 394. The van der Waals surface area contributed by atoms with Crippen molar-refractivity contribution in [2.24, 2.45) is 0 Å². The van der Waals surface area contributed by atoms with Crippen LogP contribution in [0.1, 0.15) is 71.1 Å². The lowest BCUT2D eigenvalue weighted by Gasteiger charge is -2.23. The number of carbonyl (C=O) groups excluding carboxylic acids is 2. The van der Waals surface area contributed by atoms with Crippen molar-refractivity contribution in [3.8, 4) is 0 Å². The van der Waals surface area contributed by atoms with Gasteiger partial charge in [0.2, 0.25) is 0 Å². The summed E-state index contributed by atoms with van der Waals surface area (Å²) in [7, 11) is 1.50. The molecule has 132 valence electrons. The first kappa shape index (κ1) is 19.7. The van der Waals surface area contributed by atoms with Crippen molar-refractivity contribution >= 4 is 11.8 Å². The molecule has 1 atom stereocenters.